The predicted molar refractivity (Wildman–Crippen MR) is 94.9 cm³/mol. The average molecular weight is 329 g/mol. The number of amides is 2. The highest BCUT2D eigenvalue weighted by Gasteiger charge is 2.43. The van der Waals surface area contributed by atoms with E-state index in [0.29, 0.717) is 0 Å². The molecule has 0 aromatic heterocycles. The van der Waals surface area contributed by atoms with Crippen molar-refractivity contribution in [2.75, 3.05) is 74.1 Å². The molecule has 6 nitrogen and oxygen atoms in total. The van der Waals surface area contributed by atoms with Gasteiger partial charge in [-0.15, -0.1) is 0 Å². The normalized spacial score (nSPS) is 21.7. The predicted octanol–water partition coefficient (Wildman–Crippen LogP) is 1.42. The van der Waals surface area contributed by atoms with Crippen molar-refractivity contribution in [3.63, 3.8) is 0 Å². The van der Waals surface area contributed by atoms with Crippen molar-refractivity contribution in [2.24, 2.45) is 0 Å². The van der Waals surface area contributed by atoms with Crippen LogP contribution < -0.4 is 0 Å². The maximum atomic E-state index is 12.1. The summed E-state index contributed by atoms with van der Waals surface area (Å²) in [6.45, 7) is 10.8. The number of likely N-dealkylation sites (N-methyl/N-ethyl adjacent to an activating group) is 1. The van der Waals surface area contributed by atoms with Gasteiger partial charge in [-0.25, -0.2) is 4.79 Å². The van der Waals surface area contributed by atoms with Gasteiger partial charge in [-0.1, -0.05) is 13.8 Å². The van der Waals surface area contributed by atoms with E-state index in [1.807, 2.05) is 32.8 Å². The molecule has 2 saturated heterocycles. The number of rotatable bonds is 3. The van der Waals surface area contributed by atoms with E-state index in [2.05, 4.69) is 16.8 Å². The van der Waals surface area contributed by atoms with Gasteiger partial charge in [0.1, 0.15) is 0 Å². The summed E-state index contributed by atoms with van der Waals surface area (Å²) in [6, 6.07) is 0.137. The molecule has 0 unspecified atom stereocenters. The van der Waals surface area contributed by atoms with Crippen molar-refractivity contribution in [3.8, 4) is 0 Å². The highest BCUT2D eigenvalue weighted by Crippen LogP contribution is 2.32. The number of carbonyl (C=O) groups excluding carboxylic acids is 1. The lowest BCUT2D eigenvalue weighted by atomic mass is 9.83. The Morgan fingerprint density at radius 1 is 1.13 bits per heavy atom. The van der Waals surface area contributed by atoms with Gasteiger partial charge in [0, 0.05) is 66.0 Å². The smallest absolute Gasteiger partial charge is 0.319 e. The molecule has 0 atom stereocenters. The van der Waals surface area contributed by atoms with Crippen LogP contribution in [0.5, 0.6) is 0 Å². The highest BCUT2D eigenvalue weighted by atomic mass is 16.5. The Hall–Kier alpha value is -0.850. The standard InChI is InChI=1S/C15H30N4O2.C2H6/c1-16(2)14(20)18-7-5-15(6-8-18)13-17(3)9-10-19(15)11-12-21-4;1-2/h5-13H2,1-4H3;1-2H3. The monoisotopic (exact) mass is 328 g/mol. The topological polar surface area (TPSA) is 39.3 Å². The van der Waals surface area contributed by atoms with Crippen LogP contribution in [-0.4, -0.2) is 105 Å². The highest BCUT2D eigenvalue weighted by molar-refractivity contribution is 5.73. The van der Waals surface area contributed by atoms with Gasteiger partial charge in [-0.2, -0.15) is 0 Å². The molecule has 0 bridgehead atoms. The first kappa shape index (κ1) is 20.2. The van der Waals surface area contributed by atoms with Crippen LogP contribution in [0, 0.1) is 0 Å². The number of likely N-dealkylation sites (tertiary alicyclic amines) is 1. The number of nitrogens with zero attached hydrogens (tertiary/aromatic N) is 4. The van der Waals surface area contributed by atoms with Crippen molar-refractivity contribution < 1.29 is 9.53 Å². The van der Waals surface area contributed by atoms with E-state index in [0.717, 1.165) is 58.7 Å². The van der Waals surface area contributed by atoms with Crippen LogP contribution in [0.15, 0.2) is 0 Å². The molecule has 2 heterocycles. The number of hydrogen-bond acceptors (Lipinski definition) is 4. The van der Waals surface area contributed by atoms with Crippen LogP contribution in [0.3, 0.4) is 0 Å². The lowest BCUT2D eigenvalue weighted by Crippen LogP contribution is -2.66. The Kier molecular flexibility index (Phi) is 8.29. The van der Waals surface area contributed by atoms with E-state index in [1.54, 1.807) is 12.0 Å². The number of piperazine rings is 1. The minimum atomic E-state index is 0.137. The SMILES string of the molecule is CC.COCCN1CCN(C)CC12CCN(C(=O)N(C)C)CC2. The molecule has 2 aliphatic heterocycles. The van der Waals surface area contributed by atoms with Gasteiger partial charge in [0.2, 0.25) is 0 Å². The van der Waals surface area contributed by atoms with Crippen molar-refractivity contribution >= 4 is 6.03 Å². The van der Waals surface area contributed by atoms with E-state index in [1.165, 1.54) is 0 Å². The first-order valence-electron chi connectivity index (χ1n) is 8.87. The zero-order valence-electron chi connectivity index (χ0n) is 16.0. The van der Waals surface area contributed by atoms with Crippen LogP contribution in [0.4, 0.5) is 4.79 Å². The number of hydrogen-bond donors (Lipinski definition) is 0. The molecular weight excluding hydrogens is 292 g/mol. The summed E-state index contributed by atoms with van der Waals surface area (Å²) >= 11 is 0. The summed E-state index contributed by atoms with van der Waals surface area (Å²) in [6.07, 6.45) is 2.11. The van der Waals surface area contributed by atoms with E-state index >= 15 is 0 Å². The van der Waals surface area contributed by atoms with Crippen LogP contribution >= 0.6 is 0 Å². The molecule has 23 heavy (non-hydrogen) atoms. The Balaban J connectivity index is 0.00000127. The maximum absolute atomic E-state index is 12.1. The minimum absolute atomic E-state index is 0.137. The first-order chi connectivity index (χ1) is 11.0. The van der Waals surface area contributed by atoms with Crippen molar-refractivity contribution in [1.29, 1.82) is 0 Å². The zero-order chi connectivity index (χ0) is 17.5. The van der Waals surface area contributed by atoms with Gasteiger partial charge in [0.25, 0.3) is 0 Å². The third-order valence-corrected chi connectivity index (χ3v) is 4.90. The number of carbonyl (C=O) groups is 1. The summed E-state index contributed by atoms with van der Waals surface area (Å²) in [7, 11) is 7.62. The molecule has 6 heteroatoms. The van der Waals surface area contributed by atoms with Crippen LogP contribution in [-0.2, 0) is 4.74 Å². The van der Waals surface area contributed by atoms with Gasteiger partial charge >= 0.3 is 6.03 Å². The van der Waals surface area contributed by atoms with Crippen LogP contribution in [0.2, 0.25) is 0 Å². The van der Waals surface area contributed by atoms with Crippen molar-refractivity contribution in [2.45, 2.75) is 32.2 Å². The average Bonchev–Trinajstić information content (AvgIpc) is 2.56. The maximum Gasteiger partial charge on any atom is 0.319 e. The molecule has 0 aliphatic carbocycles. The fourth-order valence-electron chi connectivity index (χ4n) is 3.63. The molecule has 0 N–H and O–H groups in total. The van der Waals surface area contributed by atoms with E-state index in [-0.39, 0.29) is 11.6 Å². The van der Waals surface area contributed by atoms with Gasteiger partial charge in [0.05, 0.1) is 6.61 Å². The van der Waals surface area contributed by atoms with Crippen LogP contribution in [0.25, 0.3) is 0 Å². The van der Waals surface area contributed by atoms with Gasteiger partial charge in [-0.3, -0.25) is 4.90 Å². The Bertz CT molecular complexity index is 353. The fraction of sp³-hybridized carbons (Fsp3) is 0.941. The van der Waals surface area contributed by atoms with Crippen LogP contribution in [0.1, 0.15) is 26.7 Å². The summed E-state index contributed by atoms with van der Waals surface area (Å²) < 4.78 is 5.27. The second-order valence-corrected chi connectivity index (χ2v) is 6.61. The molecule has 2 fully saturated rings. The third-order valence-electron chi connectivity index (χ3n) is 4.90. The summed E-state index contributed by atoms with van der Waals surface area (Å²) in [5.41, 5.74) is 0.217. The fourth-order valence-corrected chi connectivity index (χ4v) is 3.63. The quantitative estimate of drug-likeness (QED) is 0.785. The second-order valence-electron chi connectivity index (χ2n) is 6.61. The van der Waals surface area contributed by atoms with Gasteiger partial charge < -0.3 is 19.4 Å². The van der Waals surface area contributed by atoms with E-state index in [4.69, 9.17) is 4.74 Å². The Morgan fingerprint density at radius 3 is 2.26 bits per heavy atom. The van der Waals surface area contributed by atoms with E-state index in [9.17, 15) is 4.79 Å². The molecule has 0 aromatic carbocycles. The largest absolute Gasteiger partial charge is 0.383 e. The molecule has 136 valence electrons. The van der Waals surface area contributed by atoms with E-state index < -0.39 is 0 Å². The molecule has 2 rings (SSSR count). The molecular formula is C17H36N4O2. The van der Waals surface area contributed by atoms with Crippen molar-refractivity contribution in [1.82, 2.24) is 19.6 Å². The molecule has 0 aromatic rings. The van der Waals surface area contributed by atoms with Crippen molar-refractivity contribution in [3.05, 3.63) is 0 Å². The Morgan fingerprint density at radius 2 is 1.74 bits per heavy atom. The molecule has 2 aliphatic rings. The molecule has 2 amide bonds. The first-order valence-corrected chi connectivity index (χ1v) is 8.87. The zero-order valence-corrected chi connectivity index (χ0v) is 16.0. The summed E-state index contributed by atoms with van der Waals surface area (Å²) in [4.78, 5) is 20.8. The molecule has 0 saturated carbocycles. The lowest BCUT2D eigenvalue weighted by molar-refractivity contribution is -0.0396. The number of piperidine rings is 1. The number of urea groups is 1. The van der Waals surface area contributed by atoms with Gasteiger partial charge in [-0.05, 0) is 19.9 Å². The minimum Gasteiger partial charge on any atom is -0.383 e. The lowest BCUT2D eigenvalue weighted by Gasteiger charge is -2.53. The Labute approximate surface area is 142 Å². The molecule has 0 radical (unpaired) electrons. The second kappa shape index (κ2) is 9.45. The summed E-state index contributed by atoms with van der Waals surface area (Å²) in [5.74, 6) is 0. The summed E-state index contributed by atoms with van der Waals surface area (Å²) in [5, 5.41) is 0. The third kappa shape index (κ3) is 5.06. The molecule has 1 spiro atoms. The number of ether oxygens (including phenoxy) is 1. The number of methoxy groups -OCH3 is 1. The van der Waals surface area contributed by atoms with Gasteiger partial charge in [0.15, 0.2) is 0 Å².